The number of ketones is 1. The smallest absolute Gasteiger partial charge is 0.186 e. The van der Waals surface area contributed by atoms with E-state index in [1.807, 2.05) is 17.5 Å². The highest BCUT2D eigenvalue weighted by atomic mass is 32.1. The van der Waals surface area contributed by atoms with Gasteiger partial charge < -0.3 is 0 Å². The normalized spacial score (nSPS) is 11.3. The van der Waals surface area contributed by atoms with Gasteiger partial charge >= 0.3 is 0 Å². The zero-order chi connectivity index (χ0) is 11.3. The van der Waals surface area contributed by atoms with E-state index < -0.39 is 0 Å². The Morgan fingerprint density at radius 2 is 2.27 bits per heavy atom. The third kappa shape index (κ3) is 3.76. The lowest BCUT2D eigenvalue weighted by molar-refractivity contribution is 0.0910. The lowest BCUT2D eigenvalue weighted by Crippen LogP contribution is -2.36. The molecule has 2 nitrogen and oxygen atoms in total. The van der Waals surface area contributed by atoms with Crippen molar-refractivity contribution in [2.75, 3.05) is 13.1 Å². The first-order chi connectivity index (χ1) is 7.15. The lowest BCUT2D eigenvalue weighted by Gasteiger charge is -2.24. The first-order valence-corrected chi connectivity index (χ1v) is 6.33. The summed E-state index contributed by atoms with van der Waals surface area (Å²) in [5.41, 5.74) is 0. The molecule has 0 aliphatic heterocycles. The first kappa shape index (κ1) is 12.4. The van der Waals surface area contributed by atoms with Gasteiger partial charge in [-0.15, -0.1) is 11.3 Å². The highest BCUT2D eigenvalue weighted by Gasteiger charge is 2.14. The zero-order valence-corrected chi connectivity index (χ0v) is 10.5. The van der Waals surface area contributed by atoms with Crippen molar-refractivity contribution < 1.29 is 4.79 Å². The summed E-state index contributed by atoms with van der Waals surface area (Å²) in [4.78, 5) is 15.0. The zero-order valence-electron chi connectivity index (χ0n) is 9.69. The Kier molecular flexibility index (Phi) is 4.99. The van der Waals surface area contributed by atoms with Gasteiger partial charge in [-0.25, -0.2) is 0 Å². The minimum absolute atomic E-state index is 0.243. The quantitative estimate of drug-likeness (QED) is 0.694. The number of nitrogens with zero attached hydrogens (tertiary/aromatic N) is 1. The van der Waals surface area contributed by atoms with Crippen LogP contribution in [0.1, 0.15) is 36.9 Å². The van der Waals surface area contributed by atoms with Crippen molar-refractivity contribution in [3.05, 3.63) is 22.4 Å². The van der Waals surface area contributed by atoms with Gasteiger partial charge in [0.05, 0.1) is 11.4 Å². The van der Waals surface area contributed by atoms with Crippen molar-refractivity contribution in [2.24, 2.45) is 0 Å². The highest BCUT2D eigenvalue weighted by Crippen LogP contribution is 2.11. The van der Waals surface area contributed by atoms with Gasteiger partial charge in [0.15, 0.2) is 5.78 Å². The molecule has 0 aliphatic rings. The maximum atomic E-state index is 11.9. The van der Waals surface area contributed by atoms with Crippen LogP contribution in [0.25, 0.3) is 0 Å². The Balaban J connectivity index is 2.55. The SMILES string of the molecule is CCCN(CC(=O)c1cccs1)C(C)C. The maximum absolute atomic E-state index is 11.9. The fourth-order valence-corrected chi connectivity index (χ4v) is 2.16. The van der Waals surface area contributed by atoms with Crippen molar-refractivity contribution in [3.8, 4) is 0 Å². The van der Waals surface area contributed by atoms with Gasteiger partial charge in [-0.2, -0.15) is 0 Å². The second-order valence-corrected chi connectivity index (χ2v) is 4.91. The van der Waals surface area contributed by atoms with E-state index in [2.05, 4.69) is 25.7 Å². The fraction of sp³-hybridized carbons (Fsp3) is 0.583. The van der Waals surface area contributed by atoms with Crippen LogP contribution < -0.4 is 0 Å². The molecule has 0 radical (unpaired) electrons. The molecule has 0 unspecified atom stereocenters. The second kappa shape index (κ2) is 6.03. The number of carbonyl (C=O) groups is 1. The van der Waals surface area contributed by atoms with Crippen LogP contribution >= 0.6 is 11.3 Å². The van der Waals surface area contributed by atoms with Gasteiger partial charge in [0, 0.05) is 6.04 Å². The molecule has 0 spiro atoms. The average molecular weight is 225 g/mol. The molecule has 1 heterocycles. The van der Waals surface area contributed by atoms with Crippen molar-refractivity contribution >= 4 is 17.1 Å². The molecule has 0 saturated carbocycles. The average Bonchev–Trinajstić information content (AvgIpc) is 2.69. The molecule has 1 rings (SSSR count). The summed E-state index contributed by atoms with van der Waals surface area (Å²) >= 11 is 1.53. The molecule has 0 bridgehead atoms. The van der Waals surface area contributed by atoms with Crippen molar-refractivity contribution in [1.82, 2.24) is 4.90 Å². The monoisotopic (exact) mass is 225 g/mol. The molecule has 1 aromatic heterocycles. The Morgan fingerprint density at radius 1 is 1.53 bits per heavy atom. The molecular formula is C12H19NOS. The van der Waals surface area contributed by atoms with Crippen LogP contribution in [0.4, 0.5) is 0 Å². The summed E-state index contributed by atoms with van der Waals surface area (Å²) in [6.45, 7) is 7.96. The summed E-state index contributed by atoms with van der Waals surface area (Å²) in [5, 5.41) is 1.95. The predicted molar refractivity (Wildman–Crippen MR) is 65.6 cm³/mol. The van der Waals surface area contributed by atoms with Crippen molar-refractivity contribution in [1.29, 1.82) is 0 Å². The van der Waals surface area contributed by atoms with E-state index in [4.69, 9.17) is 0 Å². The van der Waals surface area contributed by atoms with Crippen LogP contribution in [0, 0.1) is 0 Å². The molecule has 0 atom stereocenters. The Labute approximate surface area is 95.9 Å². The number of rotatable bonds is 6. The third-order valence-corrected chi connectivity index (χ3v) is 3.29. The molecule has 1 aromatic rings. The number of thiophene rings is 1. The lowest BCUT2D eigenvalue weighted by atomic mass is 10.2. The van der Waals surface area contributed by atoms with Gasteiger partial charge in [-0.05, 0) is 38.3 Å². The summed E-state index contributed by atoms with van der Waals surface area (Å²) in [7, 11) is 0. The van der Waals surface area contributed by atoms with Gasteiger partial charge in [0.1, 0.15) is 0 Å². The number of hydrogen-bond donors (Lipinski definition) is 0. The van der Waals surface area contributed by atoms with Crippen LogP contribution in [0.15, 0.2) is 17.5 Å². The van der Waals surface area contributed by atoms with Gasteiger partial charge in [-0.3, -0.25) is 9.69 Å². The molecule has 15 heavy (non-hydrogen) atoms. The van der Waals surface area contributed by atoms with Crippen molar-refractivity contribution in [3.63, 3.8) is 0 Å². The molecular weight excluding hydrogens is 206 g/mol. The van der Waals surface area contributed by atoms with Gasteiger partial charge in [-0.1, -0.05) is 13.0 Å². The summed E-state index contributed by atoms with van der Waals surface area (Å²) < 4.78 is 0. The van der Waals surface area contributed by atoms with E-state index in [9.17, 15) is 4.79 Å². The summed E-state index contributed by atoms with van der Waals surface area (Å²) in [6, 6.07) is 4.27. The Hall–Kier alpha value is -0.670. The third-order valence-electron chi connectivity index (χ3n) is 2.38. The molecule has 0 fully saturated rings. The van der Waals surface area contributed by atoms with E-state index in [0.717, 1.165) is 17.8 Å². The van der Waals surface area contributed by atoms with Gasteiger partial charge in [0.25, 0.3) is 0 Å². The summed E-state index contributed by atoms with van der Waals surface area (Å²) in [5.74, 6) is 0.243. The number of carbonyl (C=O) groups excluding carboxylic acids is 1. The van der Waals surface area contributed by atoms with E-state index in [1.54, 1.807) is 0 Å². The Morgan fingerprint density at radius 3 is 2.73 bits per heavy atom. The van der Waals surface area contributed by atoms with Crippen LogP contribution in [0.5, 0.6) is 0 Å². The van der Waals surface area contributed by atoms with Crippen LogP contribution in [-0.2, 0) is 0 Å². The Bertz CT molecular complexity index is 293. The van der Waals surface area contributed by atoms with E-state index in [-0.39, 0.29) is 5.78 Å². The molecule has 0 saturated heterocycles. The first-order valence-electron chi connectivity index (χ1n) is 5.46. The van der Waals surface area contributed by atoms with Crippen LogP contribution in [0.3, 0.4) is 0 Å². The van der Waals surface area contributed by atoms with E-state index in [1.165, 1.54) is 11.3 Å². The fourth-order valence-electron chi connectivity index (χ4n) is 1.51. The van der Waals surface area contributed by atoms with Crippen LogP contribution in [-0.4, -0.2) is 29.8 Å². The molecule has 0 amide bonds. The molecule has 3 heteroatoms. The van der Waals surface area contributed by atoms with E-state index >= 15 is 0 Å². The largest absolute Gasteiger partial charge is 0.293 e. The highest BCUT2D eigenvalue weighted by molar-refractivity contribution is 7.12. The molecule has 84 valence electrons. The second-order valence-electron chi connectivity index (χ2n) is 3.96. The number of Topliss-reactive ketones (excluding diaryl/α,β-unsaturated/α-hetero) is 1. The summed E-state index contributed by atoms with van der Waals surface area (Å²) in [6.07, 6.45) is 1.09. The maximum Gasteiger partial charge on any atom is 0.186 e. The number of hydrogen-bond acceptors (Lipinski definition) is 3. The minimum Gasteiger partial charge on any atom is -0.293 e. The minimum atomic E-state index is 0.243. The molecule has 0 aliphatic carbocycles. The molecule has 0 N–H and O–H groups in total. The van der Waals surface area contributed by atoms with Crippen LogP contribution in [0.2, 0.25) is 0 Å². The van der Waals surface area contributed by atoms with Crippen molar-refractivity contribution in [2.45, 2.75) is 33.2 Å². The van der Waals surface area contributed by atoms with Gasteiger partial charge in [0.2, 0.25) is 0 Å². The topological polar surface area (TPSA) is 20.3 Å². The standard InChI is InChI=1S/C12H19NOS/c1-4-7-13(10(2)3)9-11(14)12-6-5-8-15-12/h5-6,8,10H,4,7,9H2,1-3H3. The molecule has 0 aromatic carbocycles. The predicted octanol–water partition coefficient (Wildman–Crippen LogP) is 3.05. The van der Waals surface area contributed by atoms with E-state index in [0.29, 0.717) is 12.6 Å².